The zero-order valence-corrected chi connectivity index (χ0v) is 34.2. The van der Waals surface area contributed by atoms with Crippen LogP contribution in [0.3, 0.4) is 0 Å². The molecule has 0 atom stereocenters. The normalized spacial score (nSPS) is 12.2. The van der Waals surface area contributed by atoms with Gasteiger partial charge < -0.3 is 0 Å². The Labute approximate surface area is 308 Å². The molecule has 0 aliphatic rings. The second-order valence-electron chi connectivity index (χ2n) is 15.3. The molecule has 4 nitrogen and oxygen atoms in total. The predicted octanol–water partition coefficient (Wildman–Crippen LogP) is 13.3. The SMILES string of the molecule is CCCCCCCCCCCCCCc1c2[te]c3c(CCCCCCCCCCCCCC)c4c(cc3c2cc2ncn(C)c12)ncn4C. The van der Waals surface area contributed by atoms with Crippen LogP contribution >= 0.6 is 0 Å². The van der Waals surface area contributed by atoms with E-state index < -0.39 is 20.4 Å². The number of hydrogen-bond acceptors (Lipinski definition) is 2. The first-order chi connectivity index (χ1) is 24.1. The van der Waals surface area contributed by atoms with Crippen LogP contribution in [-0.2, 0) is 26.9 Å². The number of unbranched alkanes of at least 4 members (excludes halogenated alkanes) is 22. The monoisotopic (exact) mass is 782 g/mol. The number of aryl methyl sites for hydroxylation is 4. The van der Waals surface area contributed by atoms with Gasteiger partial charge in [0.2, 0.25) is 0 Å². The minimum atomic E-state index is -0.483. The number of aromatic nitrogens is 4. The van der Waals surface area contributed by atoms with Gasteiger partial charge in [-0.15, -0.1) is 0 Å². The van der Waals surface area contributed by atoms with Crippen LogP contribution in [0.4, 0.5) is 0 Å². The third-order valence-electron chi connectivity index (χ3n) is 11.2. The van der Waals surface area contributed by atoms with Gasteiger partial charge in [-0.3, -0.25) is 0 Å². The molecule has 0 aliphatic heterocycles. The van der Waals surface area contributed by atoms with Crippen molar-refractivity contribution in [1.82, 2.24) is 19.1 Å². The van der Waals surface area contributed by atoms with Crippen LogP contribution in [0.15, 0.2) is 24.8 Å². The van der Waals surface area contributed by atoms with E-state index in [0.29, 0.717) is 0 Å². The fraction of sp³-hybridized carbons (Fsp3) is 0.682. The second-order valence-corrected chi connectivity index (χ2v) is 18.2. The molecule has 0 spiro atoms. The summed E-state index contributed by atoms with van der Waals surface area (Å²) in [5.41, 5.74) is 8.38. The van der Waals surface area contributed by atoms with Gasteiger partial charge in [-0.2, -0.15) is 0 Å². The van der Waals surface area contributed by atoms with E-state index in [1.54, 1.807) is 17.9 Å². The van der Waals surface area contributed by atoms with Crippen molar-refractivity contribution in [2.24, 2.45) is 14.1 Å². The van der Waals surface area contributed by atoms with Gasteiger partial charge in [0, 0.05) is 0 Å². The van der Waals surface area contributed by atoms with Crippen molar-refractivity contribution in [3.63, 3.8) is 0 Å². The molecule has 3 aromatic heterocycles. The van der Waals surface area contributed by atoms with Crippen molar-refractivity contribution >= 4 is 60.1 Å². The summed E-state index contributed by atoms with van der Waals surface area (Å²) in [6, 6.07) is 4.85. The van der Waals surface area contributed by atoms with E-state index in [1.807, 2.05) is 12.7 Å². The standard InChI is InChI=1S/C44H68N4Te/c1-5-7-9-11-13-15-17-19-21-23-25-27-29-35-41-39(45-33-47(41)3)31-37-38-32-40-42(48(4)34-46-40)36(44(38)49-43(35)37)30-28-26-24-22-20-18-16-14-12-10-8-6-2/h31-34H,5-30H2,1-4H3. The molecule has 0 unspecified atom stereocenters. The van der Waals surface area contributed by atoms with Crippen molar-refractivity contribution in [3.05, 3.63) is 35.9 Å². The van der Waals surface area contributed by atoms with Crippen LogP contribution in [0.5, 0.6) is 0 Å². The van der Waals surface area contributed by atoms with Crippen LogP contribution in [0.1, 0.15) is 179 Å². The average Bonchev–Trinajstić information content (AvgIpc) is 3.79. The number of benzene rings is 2. The van der Waals surface area contributed by atoms with Crippen LogP contribution in [0.2, 0.25) is 0 Å². The zero-order chi connectivity index (χ0) is 34.3. The molecule has 0 fully saturated rings. The predicted molar refractivity (Wildman–Crippen MR) is 217 cm³/mol. The number of nitrogens with zero attached hydrogens (tertiary/aromatic N) is 4. The molecule has 0 aliphatic carbocycles. The van der Waals surface area contributed by atoms with Gasteiger partial charge in [0.15, 0.2) is 0 Å². The molecule has 0 amide bonds. The van der Waals surface area contributed by atoms with Gasteiger partial charge in [0.1, 0.15) is 0 Å². The van der Waals surface area contributed by atoms with Gasteiger partial charge in [-0.1, -0.05) is 52.4 Å². The first-order valence-electron chi connectivity index (χ1n) is 20.8. The third-order valence-corrected chi connectivity index (χ3v) is 15.0. The molecular formula is C44H68N4Te. The maximum absolute atomic E-state index is 4.90. The Morgan fingerprint density at radius 3 is 1.08 bits per heavy atom. The zero-order valence-electron chi connectivity index (χ0n) is 31.9. The van der Waals surface area contributed by atoms with E-state index in [-0.39, 0.29) is 0 Å². The van der Waals surface area contributed by atoms with Crippen molar-refractivity contribution in [2.45, 2.75) is 181 Å². The Hall–Kier alpha value is -1.83. The Morgan fingerprint density at radius 1 is 0.449 bits per heavy atom. The fourth-order valence-corrected chi connectivity index (χ4v) is 12.3. The van der Waals surface area contributed by atoms with E-state index in [0.717, 1.165) is 0 Å². The molecule has 0 radical (unpaired) electrons. The van der Waals surface area contributed by atoms with Crippen molar-refractivity contribution in [1.29, 1.82) is 0 Å². The van der Waals surface area contributed by atoms with Crippen molar-refractivity contribution in [3.8, 4) is 0 Å². The van der Waals surface area contributed by atoms with E-state index in [2.05, 4.69) is 49.2 Å². The summed E-state index contributed by atoms with van der Waals surface area (Å²) in [6.07, 6.45) is 40.1. The summed E-state index contributed by atoms with van der Waals surface area (Å²) >= 11 is -0.483. The van der Waals surface area contributed by atoms with E-state index in [1.165, 1.54) is 200 Å². The van der Waals surface area contributed by atoms with E-state index in [4.69, 9.17) is 9.97 Å². The number of fused-ring (bicyclic) bond motifs is 5. The molecule has 5 heteroatoms. The third kappa shape index (κ3) is 10.6. The summed E-state index contributed by atoms with van der Waals surface area (Å²) in [6.45, 7) is 4.61. The summed E-state index contributed by atoms with van der Waals surface area (Å²) in [5.74, 6) is 0. The van der Waals surface area contributed by atoms with Crippen molar-refractivity contribution < 1.29 is 0 Å². The van der Waals surface area contributed by atoms with Crippen LogP contribution < -0.4 is 0 Å². The first kappa shape index (κ1) is 38.4. The summed E-state index contributed by atoms with van der Waals surface area (Å²) in [4.78, 5) is 9.80. The Morgan fingerprint density at radius 2 is 0.755 bits per heavy atom. The van der Waals surface area contributed by atoms with Crippen molar-refractivity contribution in [2.75, 3.05) is 0 Å². The van der Waals surface area contributed by atoms with Gasteiger partial charge in [-0.05, 0) is 0 Å². The number of imidazole rings is 2. The topological polar surface area (TPSA) is 35.6 Å². The molecule has 3 heterocycles. The molecule has 0 saturated heterocycles. The molecular weight excluding hydrogens is 712 g/mol. The van der Waals surface area contributed by atoms with Gasteiger partial charge in [-0.25, -0.2) is 0 Å². The molecule has 0 bridgehead atoms. The summed E-state index contributed by atoms with van der Waals surface area (Å²) in [7, 11) is 4.40. The Balaban J connectivity index is 1.22. The van der Waals surface area contributed by atoms with Crippen LogP contribution in [0.25, 0.3) is 39.6 Å². The molecule has 270 valence electrons. The molecule has 49 heavy (non-hydrogen) atoms. The van der Waals surface area contributed by atoms with E-state index >= 15 is 0 Å². The molecule has 5 rings (SSSR count). The van der Waals surface area contributed by atoms with Gasteiger partial charge in [0.25, 0.3) is 0 Å². The number of hydrogen-bond donors (Lipinski definition) is 0. The molecule has 5 aromatic rings. The van der Waals surface area contributed by atoms with Crippen LogP contribution in [-0.4, -0.2) is 39.5 Å². The van der Waals surface area contributed by atoms with Crippen LogP contribution in [0, 0.1) is 0 Å². The quantitative estimate of drug-likeness (QED) is 0.0414. The molecule has 0 saturated carbocycles. The summed E-state index contributed by atoms with van der Waals surface area (Å²) < 4.78 is 8.00. The first-order valence-corrected chi connectivity index (χ1v) is 23.1. The molecule has 0 N–H and O–H groups in total. The Kier molecular flexibility index (Phi) is 16.4. The number of rotatable bonds is 26. The fourth-order valence-electron chi connectivity index (χ4n) is 8.27. The Bertz CT molecular complexity index is 1560. The van der Waals surface area contributed by atoms with Gasteiger partial charge in [0.05, 0.1) is 0 Å². The average molecular weight is 781 g/mol. The second kappa shape index (κ2) is 20.9. The summed E-state index contributed by atoms with van der Waals surface area (Å²) in [5, 5.41) is 2.97. The minimum absolute atomic E-state index is 0.483. The van der Waals surface area contributed by atoms with E-state index in [9.17, 15) is 0 Å². The maximum atomic E-state index is 4.90. The molecule has 2 aromatic carbocycles. The van der Waals surface area contributed by atoms with Gasteiger partial charge >= 0.3 is 258 Å².